The molecule has 1 aromatic carbocycles. The minimum absolute atomic E-state index is 0.0791. The van der Waals surface area contributed by atoms with Crippen molar-refractivity contribution < 1.29 is 32.9 Å². The molecule has 0 radical (unpaired) electrons. The van der Waals surface area contributed by atoms with Crippen LogP contribution >= 0.6 is 18.9 Å². The van der Waals surface area contributed by atoms with Gasteiger partial charge >= 0.3 is 12.9 Å². The van der Waals surface area contributed by atoms with E-state index in [4.69, 9.17) is 47.3 Å². The minimum Gasteiger partial charge on any atom is -0.431 e. The summed E-state index contributed by atoms with van der Waals surface area (Å²) in [7, 11) is 3.19. The normalized spacial score (nSPS) is 16.5. The number of thiocarbonyl (C=S) groups is 1. The van der Waals surface area contributed by atoms with Gasteiger partial charge in [0.25, 0.3) is 0 Å². The number of unbranched alkanes of at least 4 members (excludes halogenated alkanes) is 2. The van der Waals surface area contributed by atoms with E-state index >= 15 is 0 Å². The molecule has 0 bridgehead atoms. The molecule has 5 atom stereocenters. The molecule has 2 unspecified atom stereocenters. The summed E-state index contributed by atoms with van der Waals surface area (Å²) >= 11 is 10.3. The van der Waals surface area contributed by atoms with Crippen LogP contribution in [0.4, 0.5) is 4.79 Å². The van der Waals surface area contributed by atoms with Gasteiger partial charge in [0.15, 0.2) is 4.99 Å². The third-order valence-electron chi connectivity index (χ3n) is 6.85. The van der Waals surface area contributed by atoms with Crippen molar-refractivity contribution in [2.45, 2.75) is 57.4 Å². The van der Waals surface area contributed by atoms with Gasteiger partial charge in [0.05, 0.1) is 0 Å². The van der Waals surface area contributed by atoms with Gasteiger partial charge in [-0.1, -0.05) is 60.6 Å². The first-order valence-electron chi connectivity index (χ1n) is 16.7. The van der Waals surface area contributed by atoms with Crippen molar-refractivity contribution in [1.29, 1.82) is 0 Å². The molecule has 0 aromatic heterocycles. The summed E-state index contributed by atoms with van der Waals surface area (Å²) in [6.45, 7) is -1.22. The molecule has 0 amide bonds. The molecule has 2 N–H and O–H groups in total. The first kappa shape index (κ1) is 45.4. The lowest BCUT2D eigenvalue weighted by molar-refractivity contribution is -0.0272. The quantitative estimate of drug-likeness (QED) is 0.0555. The van der Waals surface area contributed by atoms with Crippen LogP contribution in [-0.4, -0.2) is 62.4 Å². The van der Waals surface area contributed by atoms with Crippen LogP contribution in [0, 0.1) is 124 Å². The lowest BCUT2D eigenvalue weighted by atomic mass is 9.82. The van der Waals surface area contributed by atoms with Crippen molar-refractivity contribution >= 4 is 49.7 Å². The monoisotopic (exact) mass is 783 g/mol. The Balaban J connectivity index is 1.70. The second-order valence-electron chi connectivity index (χ2n) is 10.7. The molecular formula is C43H35BNO7PS2. The Hall–Kier alpha value is -5.73. The summed E-state index contributed by atoms with van der Waals surface area (Å²) in [6, 6.07) is 9.01. The number of hydrogen-bond donors (Lipinski definition) is 2. The zero-order valence-corrected chi connectivity index (χ0v) is 33.0. The van der Waals surface area contributed by atoms with Gasteiger partial charge in [-0.2, -0.15) is 0 Å². The number of hydrogen-bond acceptors (Lipinski definition) is 8. The predicted molar refractivity (Wildman–Crippen MR) is 223 cm³/mol. The molecule has 1 fully saturated rings. The zero-order chi connectivity index (χ0) is 39.8. The third-order valence-corrected chi connectivity index (χ3v) is 8.78. The van der Waals surface area contributed by atoms with Crippen LogP contribution in [0.3, 0.4) is 0 Å². The Morgan fingerprint density at radius 1 is 0.873 bits per heavy atom. The Kier molecular flexibility index (Phi) is 23.7. The van der Waals surface area contributed by atoms with Crippen molar-refractivity contribution in [3.8, 4) is 118 Å². The Morgan fingerprint density at radius 2 is 1.44 bits per heavy atom. The molecule has 1 heterocycles. The van der Waals surface area contributed by atoms with Gasteiger partial charge in [0.1, 0.15) is 33.3 Å². The van der Waals surface area contributed by atoms with E-state index in [2.05, 4.69) is 130 Å². The molecule has 55 heavy (non-hydrogen) atoms. The fourth-order valence-corrected chi connectivity index (χ4v) is 5.50. The van der Waals surface area contributed by atoms with Crippen molar-refractivity contribution in [2.75, 3.05) is 20.3 Å². The molecule has 12 heteroatoms. The number of ether oxygens (including phenoxy) is 3. The van der Waals surface area contributed by atoms with Gasteiger partial charge in [-0.15, -0.1) is 0 Å². The number of allylic oxidation sites excluding steroid dienone is 2. The SMILES string of the molecule is B[C@@H]1O[C@H](COC(=O)OCc2ccccc2)[C@H](OP(O)(=S)OC)C1C/C=C/CCCCNC(=S)C#CC#CC#CC#CC#CC#CC#CC#CC#CC#CC. The van der Waals surface area contributed by atoms with Crippen molar-refractivity contribution in [3.05, 3.63) is 48.0 Å². The standard InChI is InChI=1S/C43H35BNO7PS2/c1-3-4-5-6-7-8-9-10-11-12-13-14-15-16-17-18-19-22-28-33-40(54)45-34-29-23-20-21-27-32-38-41(52-53(47,55)48-2)39(51-42(38)44)36-50-43(46)49-35-37-30-25-24-26-31-37/h21,24-27,30-31,38-39,41-42H,20,23,29,32,34-36,44H2,1-2H3,(H,45,54)(H,47,55)/b27-21+/t38?,39-,41-,42-,53?/m1/s1. The van der Waals surface area contributed by atoms with E-state index in [1.54, 1.807) is 6.92 Å². The van der Waals surface area contributed by atoms with Crippen LogP contribution < -0.4 is 5.32 Å². The van der Waals surface area contributed by atoms with Gasteiger partial charge in [-0.25, -0.2) is 4.79 Å². The van der Waals surface area contributed by atoms with Crippen LogP contribution in [0.25, 0.3) is 0 Å². The minimum atomic E-state index is -3.52. The van der Waals surface area contributed by atoms with E-state index in [1.165, 1.54) is 7.11 Å². The van der Waals surface area contributed by atoms with Crippen LogP contribution in [0.5, 0.6) is 0 Å². The van der Waals surface area contributed by atoms with E-state index in [-0.39, 0.29) is 25.1 Å². The van der Waals surface area contributed by atoms with Gasteiger partial charge in [0, 0.05) is 37.4 Å². The average molecular weight is 784 g/mol. The van der Waals surface area contributed by atoms with E-state index in [0.29, 0.717) is 18.0 Å². The summed E-state index contributed by atoms with van der Waals surface area (Å²) in [5, 5.41) is 3.09. The molecule has 1 saturated heterocycles. The highest BCUT2D eigenvalue weighted by Crippen LogP contribution is 2.48. The van der Waals surface area contributed by atoms with Crippen molar-refractivity contribution in [1.82, 2.24) is 5.32 Å². The van der Waals surface area contributed by atoms with E-state index in [9.17, 15) is 9.69 Å². The topological polar surface area (TPSA) is 95.5 Å². The lowest BCUT2D eigenvalue weighted by Gasteiger charge is -2.26. The lowest BCUT2D eigenvalue weighted by Crippen LogP contribution is -2.33. The largest absolute Gasteiger partial charge is 0.508 e. The highest BCUT2D eigenvalue weighted by atomic mass is 32.5. The first-order chi connectivity index (χ1) is 26.8. The van der Waals surface area contributed by atoms with Crippen LogP contribution in [0.1, 0.15) is 38.2 Å². The molecule has 2 rings (SSSR count). The molecule has 1 aliphatic heterocycles. The maximum atomic E-state index is 12.2. The van der Waals surface area contributed by atoms with E-state index in [0.717, 1.165) is 24.8 Å². The van der Waals surface area contributed by atoms with E-state index < -0.39 is 25.1 Å². The maximum Gasteiger partial charge on any atom is 0.508 e. The fraction of sp³-hybridized carbons (Fsp3) is 0.302. The summed E-state index contributed by atoms with van der Waals surface area (Å²) < 4.78 is 27.4. The van der Waals surface area contributed by atoms with Gasteiger partial charge in [-0.3, -0.25) is 0 Å². The summed E-state index contributed by atoms with van der Waals surface area (Å²) in [4.78, 5) is 23.0. The van der Waals surface area contributed by atoms with Crippen molar-refractivity contribution in [3.63, 3.8) is 0 Å². The summed E-state index contributed by atoms with van der Waals surface area (Å²) in [6.07, 6.45) is 5.20. The maximum absolute atomic E-state index is 12.2. The average Bonchev–Trinajstić information content (AvgIpc) is 3.47. The molecule has 274 valence electrons. The molecule has 0 spiro atoms. The Labute approximate surface area is 336 Å². The van der Waals surface area contributed by atoms with Crippen molar-refractivity contribution in [2.24, 2.45) is 5.92 Å². The van der Waals surface area contributed by atoms with Crippen LogP contribution in [0.2, 0.25) is 0 Å². The smallest absolute Gasteiger partial charge is 0.431 e. The molecule has 8 nitrogen and oxygen atoms in total. The predicted octanol–water partition coefficient (Wildman–Crippen LogP) is 3.65. The summed E-state index contributed by atoms with van der Waals surface area (Å²) in [5.74, 6) is 51.1. The Morgan fingerprint density at radius 3 is 2.00 bits per heavy atom. The number of carbonyl (C=O) groups is 1. The van der Waals surface area contributed by atoms with Gasteiger partial charge < -0.3 is 33.5 Å². The molecule has 1 aromatic rings. The van der Waals surface area contributed by atoms with Crippen LogP contribution in [-0.2, 0) is 41.7 Å². The molecule has 0 saturated carbocycles. The second-order valence-corrected chi connectivity index (χ2v) is 14.0. The number of benzene rings is 1. The van der Waals surface area contributed by atoms with Crippen LogP contribution in [0.15, 0.2) is 42.5 Å². The number of carbonyl (C=O) groups excluding carboxylic acids is 1. The van der Waals surface area contributed by atoms with E-state index in [1.807, 2.05) is 44.3 Å². The highest BCUT2D eigenvalue weighted by molar-refractivity contribution is 8.07. The van der Waals surface area contributed by atoms with Gasteiger partial charge in [-0.05, 0) is 151 Å². The fourth-order valence-electron chi connectivity index (χ4n) is 4.36. The molecular weight excluding hydrogens is 748 g/mol. The zero-order valence-electron chi connectivity index (χ0n) is 30.5. The second kappa shape index (κ2) is 28.7. The number of nitrogens with one attached hydrogen (secondary N) is 1. The number of rotatable bonds is 14. The summed E-state index contributed by atoms with van der Waals surface area (Å²) in [5.41, 5.74) is 0.833. The third kappa shape index (κ3) is 22.2. The van der Waals surface area contributed by atoms with Gasteiger partial charge in [0.2, 0.25) is 0 Å². The first-order valence-corrected chi connectivity index (χ1v) is 19.7. The molecule has 0 aliphatic carbocycles. The molecule has 1 aliphatic rings. The Bertz CT molecular complexity index is 2230. The highest BCUT2D eigenvalue weighted by Gasteiger charge is 2.45.